The molecule has 6 nitrogen and oxygen atoms in total. The fourth-order valence-electron chi connectivity index (χ4n) is 1.99. The third-order valence-electron chi connectivity index (χ3n) is 3.15. The SMILES string of the molecule is NC(=O)c1ccc(-c2nnn(Cc3ccccc3F)n2)cc1. The van der Waals surface area contributed by atoms with Crippen molar-refractivity contribution < 1.29 is 9.18 Å². The number of nitrogens with zero attached hydrogens (tertiary/aromatic N) is 4. The highest BCUT2D eigenvalue weighted by molar-refractivity contribution is 5.93. The summed E-state index contributed by atoms with van der Waals surface area (Å²) in [6.07, 6.45) is 0. The number of halogens is 1. The van der Waals surface area contributed by atoms with Gasteiger partial charge in [-0.2, -0.15) is 4.80 Å². The number of amides is 1. The van der Waals surface area contributed by atoms with Gasteiger partial charge in [-0.1, -0.05) is 30.3 Å². The number of carbonyl (C=O) groups excluding carboxylic acids is 1. The predicted octanol–water partition coefficient (Wildman–Crippen LogP) is 1.63. The predicted molar refractivity (Wildman–Crippen MR) is 77.3 cm³/mol. The van der Waals surface area contributed by atoms with Gasteiger partial charge in [0.05, 0.1) is 6.54 Å². The van der Waals surface area contributed by atoms with Crippen LogP contribution in [0, 0.1) is 5.82 Å². The minimum absolute atomic E-state index is 0.193. The number of primary amides is 1. The van der Waals surface area contributed by atoms with Crippen molar-refractivity contribution in [3.05, 3.63) is 65.5 Å². The van der Waals surface area contributed by atoms with Gasteiger partial charge < -0.3 is 5.73 Å². The van der Waals surface area contributed by atoms with Crippen molar-refractivity contribution in [3.63, 3.8) is 0 Å². The lowest BCUT2D eigenvalue weighted by atomic mass is 10.1. The number of aromatic nitrogens is 4. The number of benzene rings is 2. The molecule has 22 heavy (non-hydrogen) atoms. The largest absolute Gasteiger partial charge is 0.366 e. The number of carbonyl (C=O) groups is 1. The van der Waals surface area contributed by atoms with Crippen LogP contribution in [0.1, 0.15) is 15.9 Å². The van der Waals surface area contributed by atoms with Crippen molar-refractivity contribution in [1.29, 1.82) is 0 Å². The molecule has 1 amide bonds. The summed E-state index contributed by atoms with van der Waals surface area (Å²) in [6, 6.07) is 13.0. The van der Waals surface area contributed by atoms with E-state index in [1.165, 1.54) is 10.9 Å². The van der Waals surface area contributed by atoms with Gasteiger partial charge in [-0.15, -0.1) is 10.2 Å². The Morgan fingerprint density at radius 2 is 1.86 bits per heavy atom. The van der Waals surface area contributed by atoms with Crippen molar-refractivity contribution in [1.82, 2.24) is 20.2 Å². The average Bonchev–Trinajstić information content (AvgIpc) is 2.98. The number of nitrogens with two attached hydrogens (primary N) is 1. The summed E-state index contributed by atoms with van der Waals surface area (Å²) >= 11 is 0. The molecule has 0 fully saturated rings. The van der Waals surface area contributed by atoms with Crippen LogP contribution in [-0.2, 0) is 6.54 Å². The molecule has 0 saturated carbocycles. The van der Waals surface area contributed by atoms with Gasteiger partial charge in [0.15, 0.2) is 0 Å². The third kappa shape index (κ3) is 2.83. The van der Waals surface area contributed by atoms with Crippen LogP contribution in [0.25, 0.3) is 11.4 Å². The van der Waals surface area contributed by atoms with E-state index in [0.29, 0.717) is 22.5 Å². The Labute approximate surface area is 125 Å². The topological polar surface area (TPSA) is 86.7 Å². The molecule has 2 N–H and O–H groups in total. The van der Waals surface area contributed by atoms with E-state index in [1.807, 2.05) is 0 Å². The molecule has 1 heterocycles. The monoisotopic (exact) mass is 297 g/mol. The molecule has 3 rings (SSSR count). The lowest BCUT2D eigenvalue weighted by Crippen LogP contribution is -2.10. The highest BCUT2D eigenvalue weighted by Gasteiger charge is 2.09. The van der Waals surface area contributed by atoms with Crippen LogP contribution < -0.4 is 5.73 Å². The summed E-state index contributed by atoms with van der Waals surface area (Å²) in [4.78, 5) is 12.3. The van der Waals surface area contributed by atoms with Crippen molar-refractivity contribution in [2.45, 2.75) is 6.54 Å². The maximum Gasteiger partial charge on any atom is 0.248 e. The summed E-state index contributed by atoms with van der Waals surface area (Å²) in [6.45, 7) is 0.193. The fraction of sp³-hybridized carbons (Fsp3) is 0.0667. The highest BCUT2D eigenvalue weighted by Crippen LogP contribution is 2.15. The van der Waals surface area contributed by atoms with Gasteiger partial charge in [0.25, 0.3) is 0 Å². The minimum atomic E-state index is -0.497. The molecule has 110 valence electrons. The van der Waals surface area contributed by atoms with Gasteiger partial charge >= 0.3 is 0 Å². The van der Waals surface area contributed by atoms with Gasteiger partial charge in [0, 0.05) is 16.7 Å². The zero-order valence-electron chi connectivity index (χ0n) is 11.5. The Hall–Kier alpha value is -3.09. The second kappa shape index (κ2) is 5.72. The zero-order chi connectivity index (χ0) is 15.5. The van der Waals surface area contributed by atoms with Crippen LogP contribution in [0.4, 0.5) is 4.39 Å². The highest BCUT2D eigenvalue weighted by atomic mass is 19.1. The van der Waals surface area contributed by atoms with Crippen LogP contribution in [0.3, 0.4) is 0 Å². The number of hydrogen-bond donors (Lipinski definition) is 1. The maximum atomic E-state index is 13.6. The first-order valence-corrected chi connectivity index (χ1v) is 6.55. The first-order valence-electron chi connectivity index (χ1n) is 6.55. The van der Waals surface area contributed by atoms with E-state index in [4.69, 9.17) is 5.73 Å². The lowest BCUT2D eigenvalue weighted by molar-refractivity contribution is 0.100. The molecule has 0 spiro atoms. The summed E-state index contributed by atoms with van der Waals surface area (Å²) < 4.78 is 13.6. The average molecular weight is 297 g/mol. The third-order valence-corrected chi connectivity index (χ3v) is 3.15. The molecule has 0 saturated heterocycles. The van der Waals surface area contributed by atoms with Crippen LogP contribution in [0.15, 0.2) is 48.5 Å². The second-order valence-corrected chi connectivity index (χ2v) is 4.68. The van der Waals surface area contributed by atoms with E-state index in [2.05, 4.69) is 15.4 Å². The zero-order valence-corrected chi connectivity index (χ0v) is 11.5. The maximum absolute atomic E-state index is 13.6. The number of hydrogen-bond acceptors (Lipinski definition) is 4. The van der Waals surface area contributed by atoms with Gasteiger partial charge in [-0.25, -0.2) is 4.39 Å². The first-order chi connectivity index (χ1) is 10.6. The van der Waals surface area contributed by atoms with Crippen molar-refractivity contribution in [2.24, 2.45) is 5.73 Å². The summed E-state index contributed by atoms with van der Waals surface area (Å²) in [7, 11) is 0. The number of rotatable bonds is 4. The molecule has 3 aromatic rings. The Balaban J connectivity index is 1.81. The Kier molecular flexibility index (Phi) is 3.61. The molecule has 0 unspecified atom stereocenters. The van der Waals surface area contributed by atoms with Crippen LogP contribution in [0.2, 0.25) is 0 Å². The summed E-state index contributed by atoms with van der Waals surface area (Å²) in [5.41, 5.74) is 6.77. The molecule has 0 atom stereocenters. The normalized spacial score (nSPS) is 10.6. The van der Waals surface area contributed by atoms with E-state index in [0.717, 1.165) is 0 Å². The van der Waals surface area contributed by atoms with Crippen molar-refractivity contribution >= 4 is 5.91 Å². The first kappa shape index (κ1) is 13.9. The van der Waals surface area contributed by atoms with Crippen molar-refractivity contribution in [2.75, 3.05) is 0 Å². The molecule has 0 aliphatic carbocycles. The molecule has 2 aromatic carbocycles. The second-order valence-electron chi connectivity index (χ2n) is 4.68. The molecule has 1 aromatic heterocycles. The number of tetrazole rings is 1. The lowest BCUT2D eigenvalue weighted by Gasteiger charge is -2.00. The van der Waals surface area contributed by atoms with Gasteiger partial charge in [-0.05, 0) is 23.4 Å². The Morgan fingerprint density at radius 3 is 2.55 bits per heavy atom. The molecule has 0 radical (unpaired) electrons. The summed E-state index contributed by atoms with van der Waals surface area (Å²) in [5, 5.41) is 12.0. The van der Waals surface area contributed by atoms with Crippen LogP contribution in [-0.4, -0.2) is 26.1 Å². The quantitative estimate of drug-likeness (QED) is 0.793. The van der Waals surface area contributed by atoms with E-state index in [1.54, 1.807) is 42.5 Å². The fourth-order valence-corrected chi connectivity index (χ4v) is 1.99. The van der Waals surface area contributed by atoms with E-state index < -0.39 is 5.91 Å². The molecular weight excluding hydrogens is 285 g/mol. The Bertz CT molecular complexity index is 813. The van der Waals surface area contributed by atoms with E-state index in [-0.39, 0.29) is 12.4 Å². The van der Waals surface area contributed by atoms with E-state index >= 15 is 0 Å². The van der Waals surface area contributed by atoms with Crippen molar-refractivity contribution in [3.8, 4) is 11.4 Å². The standard InChI is InChI=1S/C15H12FN5O/c16-13-4-2-1-3-12(13)9-21-19-15(18-20-21)11-7-5-10(6-8-11)14(17)22/h1-8H,9H2,(H2,17,22). The van der Waals surface area contributed by atoms with E-state index in [9.17, 15) is 9.18 Å². The molecule has 0 aliphatic heterocycles. The van der Waals surface area contributed by atoms with Gasteiger partial charge in [-0.3, -0.25) is 4.79 Å². The Morgan fingerprint density at radius 1 is 1.14 bits per heavy atom. The minimum Gasteiger partial charge on any atom is -0.366 e. The molecule has 0 bridgehead atoms. The molecular formula is C15H12FN5O. The smallest absolute Gasteiger partial charge is 0.248 e. The van der Waals surface area contributed by atoms with Gasteiger partial charge in [0.1, 0.15) is 5.82 Å². The summed E-state index contributed by atoms with van der Waals surface area (Å²) in [5.74, 6) is -0.415. The van der Waals surface area contributed by atoms with Crippen LogP contribution >= 0.6 is 0 Å². The molecule has 0 aliphatic rings. The van der Waals surface area contributed by atoms with Crippen LogP contribution in [0.5, 0.6) is 0 Å². The molecule has 7 heteroatoms. The van der Waals surface area contributed by atoms with Gasteiger partial charge in [0.2, 0.25) is 11.7 Å².